The Bertz CT molecular complexity index is 2090. The maximum Gasteiger partial charge on any atom is 0.326 e. The van der Waals surface area contributed by atoms with Gasteiger partial charge in [0.05, 0.1) is 56.2 Å². The van der Waals surface area contributed by atoms with Crippen LogP contribution < -0.4 is 4.74 Å². The fourth-order valence-electron chi connectivity index (χ4n) is 7.23. The van der Waals surface area contributed by atoms with Gasteiger partial charge in [0.2, 0.25) is 21.8 Å². The minimum absolute atomic E-state index is 0.0583. The van der Waals surface area contributed by atoms with Crippen LogP contribution in [0.25, 0.3) is 0 Å². The predicted molar refractivity (Wildman–Crippen MR) is 210 cm³/mol. The standard InChI is InChI=1S/C38H41Cl3N6O8S/c1-2-55-31-22-30(41)32(56(51,52)46-15-19-54-20-16-46)21-29(31)37-42-35(25-3-7-27(39)8-4-25)36(26-5-9-28(40)10-6-26)47(37)38(50)45-12-11-44(34(49)24-45)23-33(48)43-13-17-53-18-14-43/h3-10,21-22,35-36H,2,11-20,23-24H2,1H3/t35-,36+/m0/s1. The molecular weight excluding hydrogens is 807 g/mol. The van der Waals surface area contributed by atoms with Gasteiger partial charge in [0.15, 0.2) is 0 Å². The molecule has 2 atom stereocenters. The van der Waals surface area contributed by atoms with Gasteiger partial charge in [0, 0.05) is 55.4 Å². The molecule has 4 aliphatic rings. The number of halogens is 3. The second-order valence-electron chi connectivity index (χ2n) is 13.6. The van der Waals surface area contributed by atoms with Gasteiger partial charge in [0.1, 0.15) is 29.1 Å². The number of amides is 4. The zero-order chi connectivity index (χ0) is 39.6. The van der Waals surface area contributed by atoms with E-state index in [-0.39, 0.29) is 98.0 Å². The molecule has 0 bridgehead atoms. The summed E-state index contributed by atoms with van der Waals surface area (Å²) < 4.78 is 46.3. The van der Waals surface area contributed by atoms with E-state index in [1.165, 1.54) is 31.1 Å². The van der Waals surface area contributed by atoms with E-state index in [0.717, 1.165) is 5.56 Å². The third kappa shape index (κ3) is 8.35. The topological polar surface area (TPSA) is 142 Å². The molecule has 3 fully saturated rings. The molecule has 56 heavy (non-hydrogen) atoms. The molecule has 4 heterocycles. The summed E-state index contributed by atoms with van der Waals surface area (Å²) in [5.74, 6) is -0.241. The van der Waals surface area contributed by atoms with Gasteiger partial charge >= 0.3 is 6.03 Å². The zero-order valence-corrected chi connectivity index (χ0v) is 33.7. The fraction of sp³-hybridized carbons (Fsp3) is 0.421. The summed E-state index contributed by atoms with van der Waals surface area (Å²) in [7, 11) is -4.13. The van der Waals surface area contributed by atoms with Gasteiger partial charge in [-0.3, -0.25) is 19.5 Å². The Balaban J connectivity index is 1.31. The number of amidine groups is 1. The Labute approximate surface area is 340 Å². The normalized spacial score (nSPS) is 21.0. The minimum atomic E-state index is -4.13. The molecule has 14 nitrogen and oxygen atoms in total. The van der Waals surface area contributed by atoms with Crippen molar-refractivity contribution in [2.45, 2.75) is 23.9 Å². The highest BCUT2D eigenvalue weighted by atomic mass is 35.5. The van der Waals surface area contributed by atoms with Crippen molar-refractivity contribution >= 4 is 68.5 Å². The van der Waals surface area contributed by atoms with Crippen LogP contribution in [0.4, 0.5) is 4.79 Å². The predicted octanol–water partition coefficient (Wildman–Crippen LogP) is 4.73. The van der Waals surface area contributed by atoms with Crippen molar-refractivity contribution in [3.8, 4) is 5.75 Å². The van der Waals surface area contributed by atoms with E-state index in [0.29, 0.717) is 41.9 Å². The van der Waals surface area contributed by atoms with Gasteiger partial charge in [-0.05, 0) is 48.4 Å². The number of hydrogen-bond donors (Lipinski definition) is 0. The summed E-state index contributed by atoms with van der Waals surface area (Å²) in [5.41, 5.74) is 1.61. The molecule has 0 aliphatic carbocycles. The zero-order valence-electron chi connectivity index (χ0n) is 30.6. The number of carbonyl (C=O) groups is 3. The van der Waals surface area contributed by atoms with Gasteiger partial charge in [-0.2, -0.15) is 4.31 Å². The van der Waals surface area contributed by atoms with E-state index >= 15 is 4.79 Å². The summed E-state index contributed by atoms with van der Waals surface area (Å²) in [6.45, 7) is 4.34. The van der Waals surface area contributed by atoms with Crippen LogP contribution >= 0.6 is 34.8 Å². The average Bonchev–Trinajstić information content (AvgIpc) is 3.60. The molecule has 4 amide bonds. The Kier molecular flexibility index (Phi) is 12.4. The maximum absolute atomic E-state index is 15.1. The van der Waals surface area contributed by atoms with Crippen molar-refractivity contribution in [2.24, 2.45) is 4.99 Å². The van der Waals surface area contributed by atoms with Crippen molar-refractivity contribution in [1.29, 1.82) is 0 Å². The first-order chi connectivity index (χ1) is 27.0. The fourth-order valence-corrected chi connectivity index (χ4v) is 9.41. The molecule has 298 valence electrons. The van der Waals surface area contributed by atoms with Crippen LogP contribution in [0, 0.1) is 0 Å². The average molecular weight is 848 g/mol. The van der Waals surface area contributed by atoms with Gasteiger partial charge in [-0.25, -0.2) is 13.2 Å². The van der Waals surface area contributed by atoms with Crippen LogP contribution in [0.15, 0.2) is 70.6 Å². The number of ether oxygens (including phenoxy) is 3. The van der Waals surface area contributed by atoms with Crippen molar-refractivity contribution < 1.29 is 37.0 Å². The minimum Gasteiger partial charge on any atom is -0.493 e. The highest BCUT2D eigenvalue weighted by Gasteiger charge is 2.46. The number of benzene rings is 3. The van der Waals surface area contributed by atoms with Crippen LogP contribution in [-0.2, 0) is 29.1 Å². The lowest BCUT2D eigenvalue weighted by Gasteiger charge is -2.39. The number of carbonyl (C=O) groups excluding carboxylic acids is 3. The monoisotopic (exact) mass is 846 g/mol. The SMILES string of the molecule is CCOc1cc(Cl)c(S(=O)(=O)N2CCOCC2)cc1C1=N[C@@H](c2ccc(Cl)cc2)[C@@H](c2ccc(Cl)cc2)N1C(=O)N1CCN(CC(=O)N2CCOCC2)C(=O)C1. The smallest absolute Gasteiger partial charge is 0.326 e. The molecular formula is C38H41Cl3N6O8S. The summed E-state index contributed by atoms with van der Waals surface area (Å²) in [6.07, 6.45) is 0. The van der Waals surface area contributed by atoms with Gasteiger partial charge in [-0.15, -0.1) is 0 Å². The number of nitrogens with zero attached hydrogens (tertiary/aromatic N) is 6. The van der Waals surface area contributed by atoms with E-state index in [9.17, 15) is 18.0 Å². The van der Waals surface area contributed by atoms with Crippen LogP contribution in [0.3, 0.4) is 0 Å². The second-order valence-corrected chi connectivity index (χ2v) is 16.7. The first-order valence-corrected chi connectivity index (χ1v) is 20.9. The van der Waals surface area contributed by atoms with Crippen LogP contribution in [0.2, 0.25) is 15.1 Å². The van der Waals surface area contributed by atoms with Crippen molar-refractivity contribution in [3.05, 3.63) is 92.4 Å². The molecule has 0 aromatic heterocycles. The number of piperazine rings is 1. The lowest BCUT2D eigenvalue weighted by molar-refractivity contribution is -0.145. The lowest BCUT2D eigenvalue weighted by Crippen LogP contribution is -2.58. The molecule has 18 heteroatoms. The molecule has 3 aromatic carbocycles. The number of morpholine rings is 2. The van der Waals surface area contributed by atoms with Crippen molar-refractivity contribution in [2.75, 3.05) is 85.4 Å². The highest BCUT2D eigenvalue weighted by molar-refractivity contribution is 7.89. The molecule has 3 aromatic rings. The molecule has 0 saturated carbocycles. The van der Waals surface area contributed by atoms with Gasteiger partial charge in [-0.1, -0.05) is 59.1 Å². The quantitative estimate of drug-likeness (QED) is 0.301. The lowest BCUT2D eigenvalue weighted by atomic mass is 9.93. The molecule has 0 radical (unpaired) electrons. The molecule has 3 saturated heterocycles. The summed E-state index contributed by atoms with van der Waals surface area (Å²) >= 11 is 19.4. The number of sulfonamides is 1. The van der Waals surface area contributed by atoms with Crippen molar-refractivity contribution in [3.63, 3.8) is 0 Å². The Morgan fingerprint density at radius 3 is 2.04 bits per heavy atom. The number of hydrogen-bond acceptors (Lipinski definition) is 9. The van der Waals surface area contributed by atoms with E-state index in [2.05, 4.69) is 0 Å². The van der Waals surface area contributed by atoms with E-state index in [4.69, 9.17) is 54.0 Å². The largest absolute Gasteiger partial charge is 0.493 e. The van der Waals surface area contributed by atoms with E-state index < -0.39 is 28.1 Å². The molecule has 7 rings (SSSR count). The Hall–Kier alpha value is -3.96. The van der Waals surface area contributed by atoms with Crippen LogP contribution in [-0.4, -0.2) is 141 Å². The number of rotatable bonds is 9. The Morgan fingerprint density at radius 1 is 0.821 bits per heavy atom. The number of urea groups is 1. The highest BCUT2D eigenvalue weighted by Crippen LogP contribution is 2.46. The number of aliphatic imine (C=N–C) groups is 1. The second kappa shape index (κ2) is 17.3. The van der Waals surface area contributed by atoms with Crippen molar-refractivity contribution in [1.82, 2.24) is 23.9 Å². The van der Waals surface area contributed by atoms with Crippen LogP contribution in [0.1, 0.15) is 35.7 Å². The van der Waals surface area contributed by atoms with Crippen LogP contribution in [0.5, 0.6) is 5.75 Å². The summed E-state index contributed by atoms with van der Waals surface area (Å²) in [4.78, 5) is 52.8. The first-order valence-electron chi connectivity index (χ1n) is 18.3. The molecule has 0 spiro atoms. The van der Waals surface area contributed by atoms with E-state index in [1.54, 1.807) is 48.2 Å². The van der Waals surface area contributed by atoms with E-state index in [1.807, 2.05) is 12.1 Å². The summed E-state index contributed by atoms with van der Waals surface area (Å²) in [5, 5.41) is 0.929. The third-order valence-electron chi connectivity index (χ3n) is 10.1. The Morgan fingerprint density at radius 2 is 1.43 bits per heavy atom. The summed E-state index contributed by atoms with van der Waals surface area (Å²) in [6, 6.07) is 14.9. The maximum atomic E-state index is 15.1. The molecule has 0 unspecified atom stereocenters. The van der Waals surface area contributed by atoms with Gasteiger partial charge < -0.3 is 28.9 Å². The molecule has 0 N–H and O–H groups in total. The molecule has 4 aliphatic heterocycles. The van der Waals surface area contributed by atoms with Gasteiger partial charge in [0.25, 0.3) is 0 Å². The first kappa shape index (κ1) is 40.2. The third-order valence-corrected chi connectivity index (χ3v) is 13.0.